The zero-order valence-electron chi connectivity index (χ0n) is 12.1. The SMILES string of the molecule is CCCNCCNS(=O)(=O)c1ccc(F)c(NC(C)=O)c1. The van der Waals surface area contributed by atoms with Crippen molar-refractivity contribution < 1.29 is 17.6 Å². The number of benzene rings is 1. The van der Waals surface area contributed by atoms with Gasteiger partial charge in [-0.2, -0.15) is 0 Å². The normalized spacial score (nSPS) is 11.4. The lowest BCUT2D eigenvalue weighted by molar-refractivity contribution is -0.114. The molecule has 0 fully saturated rings. The molecule has 0 saturated carbocycles. The second-order valence-electron chi connectivity index (χ2n) is 4.47. The van der Waals surface area contributed by atoms with Crippen LogP contribution in [-0.2, 0) is 14.8 Å². The minimum atomic E-state index is -3.73. The number of hydrogen-bond donors (Lipinski definition) is 3. The van der Waals surface area contributed by atoms with Crippen LogP contribution in [0.3, 0.4) is 0 Å². The zero-order valence-corrected chi connectivity index (χ0v) is 12.9. The van der Waals surface area contributed by atoms with E-state index in [2.05, 4.69) is 15.4 Å². The lowest BCUT2D eigenvalue weighted by Gasteiger charge is -2.10. The summed E-state index contributed by atoms with van der Waals surface area (Å²) in [5, 5.41) is 5.31. The number of carbonyl (C=O) groups excluding carboxylic acids is 1. The van der Waals surface area contributed by atoms with Crippen LogP contribution >= 0.6 is 0 Å². The van der Waals surface area contributed by atoms with Crippen LogP contribution in [0.2, 0.25) is 0 Å². The van der Waals surface area contributed by atoms with Gasteiger partial charge in [-0.25, -0.2) is 17.5 Å². The first-order chi connectivity index (χ1) is 9.86. The average molecular weight is 317 g/mol. The smallest absolute Gasteiger partial charge is 0.240 e. The van der Waals surface area contributed by atoms with Crippen LogP contribution in [0.5, 0.6) is 0 Å². The lowest BCUT2D eigenvalue weighted by atomic mass is 10.3. The molecule has 1 rings (SSSR count). The Morgan fingerprint density at radius 1 is 1.24 bits per heavy atom. The van der Waals surface area contributed by atoms with E-state index in [9.17, 15) is 17.6 Å². The maximum atomic E-state index is 13.5. The Bertz CT molecular complexity index is 590. The third-order valence-electron chi connectivity index (χ3n) is 2.58. The van der Waals surface area contributed by atoms with Gasteiger partial charge in [0.15, 0.2) is 0 Å². The molecule has 0 aliphatic heterocycles. The van der Waals surface area contributed by atoms with Gasteiger partial charge in [-0.15, -0.1) is 0 Å². The van der Waals surface area contributed by atoms with Gasteiger partial charge >= 0.3 is 0 Å². The molecule has 0 bridgehead atoms. The number of carbonyl (C=O) groups is 1. The highest BCUT2D eigenvalue weighted by atomic mass is 32.2. The first-order valence-electron chi connectivity index (χ1n) is 6.64. The molecule has 0 saturated heterocycles. The fourth-order valence-electron chi connectivity index (χ4n) is 1.62. The highest BCUT2D eigenvalue weighted by Gasteiger charge is 2.16. The van der Waals surface area contributed by atoms with Crippen molar-refractivity contribution in [1.82, 2.24) is 10.0 Å². The summed E-state index contributed by atoms with van der Waals surface area (Å²) in [4.78, 5) is 10.9. The molecule has 21 heavy (non-hydrogen) atoms. The molecule has 0 heterocycles. The number of amides is 1. The second kappa shape index (κ2) is 8.06. The molecule has 1 aromatic rings. The Hall–Kier alpha value is -1.51. The molecule has 0 radical (unpaired) electrons. The van der Waals surface area contributed by atoms with Crippen molar-refractivity contribution >= 4 is 21.6 Å². The second-order valence-corrected chi connectivity index (χ2v) is 6.24. The van der Waals surface area contributed by atoms with Gasteiger partial charge < -0.3 is 10.6 Å². The Kier molecular flexibility index (Phi) is 6.73. The number of hydrogen-bond acceptors (Lipinski definition) is 4. The predicted molar refractivity (Wildman–Crippen MR) is 79.1 cm³/mol. The summed E-state index contributed by atoms with van der Waals surface area (Å²) >= 11 is 0. The monoisotopic (exact) mass is 317 g/mol. The van der Waals surface area contributed by atoms with E-state index in [0.29, 0.717) is 6.54 Å². The average Bonchev–Trinajstić information content (AvgIpc) is 2.40. The Morgan fingerprint density at radius 3 is 2.57 bits per heavy atom. The van der Waals surface area contributed by atoms with Crippen molar-refractivity contribution in [3.63, 3.8) is 0 Å². The van der Waals surface area contributed by atoms with Crippen LogP contribution < -0.4 is 15.4 Å². The van der Waals surface area contributed by atoms with Crippen LogP contribution in [0.15, 0.2) is 23.1 Å². The van der Waals surface area contributed by atoms with Crippen molar-refractivity contribution in [2.75, 3.05) is 25.0 Å². The van der Waals surface area contributed by atoms with E-state index in [1.165, 1.54) is 6.92 Å². The fraction of sp³-hybridized carbons (Fsp3) is 0.462. The Morgan fingerprint density at radius 2 is 1.95 bits per heavy atom. The van der Waals surface area contributed by atoms with E-state index in [4.69, 9.17) is 0 Å². The molecular weight excluding hydrogens is 297 g/mol. The van der Waals surface area contributed by atoms with E-state index in [0.717, 1.165) is 31.2 Å². The summed E-state index contributed by atoms with van der Waals surface area (Å²) < 4.78 is 40.0. The molecule has 0 aliphatic carbocycles. The maximum absolute atomic E-state index is 13.5. The number of anilines is 1. The van der Waals surface area contributed by atoms with Gasteiger partial charge in [0.2, 0.25) is 15.9 Å². The molecule has 6 nitrogen and oxygen atoms in total. The van der Waals surface area contributed by atoms with Crippen molar-refractivity contribution in [3.8, 4) is 0 Å². The quantitative estimate of drug-likeness (QED) is 0.626. The van der Waals surface area contributed by atoms with Gasteiger partial charge in [-0.3, -0.25) is 4.79 Å². The van der Waals surface area contributed by atoms with Crippen LogP contribution in [0, 0.1) is 5.82 Å². The van der Waals surface area contributed by atoms with E-state index in [1.54, 1.807) is 0 Å². The predicted octanol–water partition coefficient (Wildman–Crippen LogP) is 1.06. The van der Waals surface area contributed by atoms with Crippen LogP contribution in [0.4, 0.5) is 10.1 Å². The van der Waals surface area contributed by atoms with Crippen LogP contribution in [0.25, 0.3) is 0 Å². The van der Waals surface area contributed by atoms with E-state index in [-0.39, 0.29) is 17.1 Å². The van der Waals surface area contributed by atoms with Gasteiger partial charge in [0.05, 0.1) is 10.6 Å². The summed E-state index contributed by atoms with van der Waals surface area (Å²) in [5.74, 6) is -1.16. The Balaban J connectivity index is 2.76. The van der Waals surface area contributed by atoms with E-state index in [1.807, 2.05) is 6.92 Å². The molecule has 0 spiro atoms. The highest BCUT2D eigenvalue weighted by Crippen LogP contribution is 2.19. The lowest BCUT2D eigenvalue weighted by Crippen LogP contribution is -2.32. The molecule has 0 atom stereocenters. The molecular formula is C13H20FN3O3S. The Labute approximate surface area is 124 Å². The standard InChI is InChI=1S/C13H20FN3O3S/c1-3-6-15-7-8-16-21(19,20)11-4-5-12(14)13(9-11)17-10(2)18/h4-5,9,15-16H,3,6-8H2,1-2H3,(H,17,18). The molecule has 0 unspecified atom stereocenters. The molecule has 0 aliphatic rings. The minimum absolute atomic E-state index is 0.0943. The van der Waals surface area contributed by atoms with Crippen molar-refractivity contribution in [2.45, 2.75) is 25.2 Å². The van der Waals surface area contributed by atoms with Gasteiger partial charge in [0, 0.05) is 20.0 Å². The molecule has 1 aromatic carbocycles. The molecule has 8 heteroatoms. The topological polar surface area (TPSA) is 87.3 Å². The summed E-state index contributed by atoms with van der Waals surface area (Å²) in [6, 6.07) is 3.26. The minimum Gasteiger partial charge on any atom is -0.324 e. The fourth-order valence-corrected chi connectivity index (χ4v) is 2.67. The molecule has 1 amide bonds. The first kappa shape index (κ1) is 17.5. The third-order valence-corrected chi connectivity index (χ3v) is 4.04. The number of halogens is 1. The van der Waals surface area contributed by atoms with E-state index < -0.39 is 21.7 Å². The zero-order chi connectivity index (χ0) is 15.9. The number of nitrogens with one attached hydrogen (secondary N) is 3. The molecule has 118 valence electrons. The van der Waals surface area contributed by atoms with Crippen LogP contribution in [0.1, 0.15) is 20.3 Å². The number of rotatable bonds is 8. The summed E-state index contributed by atoms with van der Waals surface area (Å²) in [7, 11) is -3.73. The summed E-state index contributed by atoms with van der Waals surface area (Å²) in [6.45, 7) is 4.78. The van der Waals surface area contributed by atoms with E-state index >= 15 is 0 Å². The maximum Gasteiger partial charge on any atom is 0.240 e. The van der Waals surface area contributed by atoms with Gasteiger partial charge in [0.25, 0.3) is 0 Å². The third kappa shape index (κ3) is 5.78. The highest BCUT2D eigenvalue weighted by molar-refractivity contribution is 7.89. The van der Waals surface area contributed by atoms with Crippen molar-refractivity contribution in [2.24, 2.45) is 0 Å². The van der Waals surface area contributed by atoms with Crippen molar-refractivity contribution in [1.29, 1.82) is 0 Å². The van der Waals surface area contributed by atoms with Gasteiger partial charge in [0.1, 0.15) is 5.82 Å². The van der Waals surface area contributed by atoms with Crippen LogP contribution in [-0.4, -0.2) is 34.0 Å². The van der Waals surface area contributed by atoms with Gasteiger partial charge in [-0.1, -0.05) is 6.92 Å². The molecule has 0 aromatic heterocycles. The van der Waals surface area contributed by atoms with Crippen molar-refractivity contribution in [3.05, 3.63) is 24.0 Å². The molecule has 3 N–H and O–H groups in total. The summed E-state index contributed by atoms with van der Waals surface area (Å²) in [6.07, 6.45) is 0.963. The first-order valence-corrected chi connectivity index (χ1v) is 8.12. The largest absolute Gasteiger partial charge is 0.324 e. The summed E-state index contributed by atoms with van der Waals surface area (Å²) in [5.41, 5.74) is -0.158. The number of sulfonamides is 1. The van der Waals surface area contributed by atoms with Gasteiger partial charge in [-0.05, 0) is 31.2 Å².